The van der Waals surface area contributed by atoms with Crippen molar-refractivity contribution in [1.82, 2.24) is 0 Å². The topological polar surface area (TPSA) is 89.4 Å². The molecule has 2 atom stereocenters. The second-order valence-corrected chi connectivity index (χ2v) is 5.71. The number of aliphatic hydroxyl groups excluding tert-OH is 1. The van der Waals surface area contributed by atoms with Gasteiger partial charge in [0, 0.05) is 6.07 Å². The van der Waals surface area contributed by atoms with Crippen molar-refractivity contribution in [3.8, 4) is 0 Å². The first-order valence-electron chi connectivity index (χ1n) is 5.52. The molecule has 0 aromatic heterocycles. The molecule has 0 aliphatic carbocycles. The van der Waals surface area contributed by atoms with E-state index in [2.05, 4.69) is 0 Å². The van der Waals surface area contributed by atoms with Gasteiger partial charge in [0.25, 0.3) is 5.69 Å². The molecule has 0 heterocycles. The molecule has 0 unspecified atom stereocenters. The predicted octanol–water partition coefficient (Wildman–Crippen LogP) is 2.66. The van der Waals surface area contributed by atoms with E-state index >= 15 is 0 Å². The highest BCUT2D eigenvalue weighted by atomic mass is 35.5. The summed E-state index contributed by atoms with van der Waals surface area (Å²) >= 11 is 5.72. The maximum atomic E-state index is 10.8. The number of aliphatic hydroxyl groups is 1. The van der Waals surface area contributed by atoms with Crippen LogP contribution in [-0.2, 0) is 0 Å². The van der Waals surface area contributed by atoms with Gasteiger partial charge in [0.15, 0.2) is 0 Å². The highest BCUT2D eigenvalue weighted by Crippen LogP contribution is 2.32. The fourth-order valence-corrected chi connectivity index (χ4v) is 1.78. The van der Waals surface area contributed by atoms with Crippen LogP contribution in [-0.4, -0.2) is 16.1 Å². The molecule has 0 fully saturated rings. The molecule has 1 aromatic rings. The van der Waals surface area contributed by atoms with Crippen LogP contribution in [0.15, 0.2) is 18.2 Å². The third kappa shape index (κ3) is 3.19. The fourth-order valence-electron chi connectivity index (χ4n) is 1.60. The van der Waals surface area contributed by atoms with Crippen molar-refractivity contribution in [2.24, 2.45) is 11.1 Å². The van der Waals surface area contributed by atoms with Crippen molar-refractivity contribution in [2.75, 3.05) is 0 Å². The number of halogens is 1. The molecule has 3 N–H and O–H groups in total. The molecular formula is C12H17ClN2O3. The Morgan fingerprint density at radius 3 is 2.44 bits per heavy atom. The summed E-state index contributed by atoms with van der Waals surface area (Å²) < 4.78 is 0. The van der Waals surface area contributed by atoms with E-state index in [4.69, 9.17) is 17.3 Å². The van der Waals surface area contributed by atoms with Crippen LogP contribution in [0.25, 0.3) is 0 Å². The summed E-state index contributed by atoms with van der Waals surface area (Å²) in [5.41, 5.74) is 5.81. The molecule has 1 aromatic carbocycles. The van der Waals surface area contributed by atoms with Crippen LogP contribution in [0.2, 0.25) is 5.02 Å². The Hall–Kier alpha value is -1.17. The largest absolute Gasteiger partial charge is 0.391 e. The highest BCUT2D eigenvalue weighted by molar-refractivity contribution is 6.32. The second kappa shape index (κ2) is 5.22. The first kappa shape index (κ1) is 14.9. The number of nitrogens with two attached hydrogens (primary N) is 1. The highest BCUT2D eigenvalue weighted by Gasteiger charge is 2.30. The van der Waals surface area contributed by atoms with E-state index in [-0.39, 0.29) is 10.7 Å². The quantitative estimate of drug-likeness (QED) is 0.654. The first-order chi connectivity index (χ1) is 8.14. The van der Waals surface area contributed by atoms with Gasteiger partial charge in [-0.2, -0.15) is 0 Å². The minimum atomic E-state index is -0.807. The van der Waals surface area contributed by atoms with Crippen LogP contribution < -0.4 is 5.73 Å². The molecule has 0 radical (unpaired) electrons. The Bertz CT molecular complexity index is 457. The smallest absolute Gasteiger partial charge is 0.288 e. The number of nitro benzene ring substituents is 1. The van der Waals surface area contributed by atoms with Gasteiger partial charge < -0.3 is 10.8 Å². The Kier molecular flexibility index (Phi) is 4.32. The number of benzene rings is 1. The van der Waals surface area contributed by atoms with E-state index in [1.54, 1.807) is 6.07 Å². The van der Waals surface area contributed by atoms with Crippen LogP contribution in [0.1, 0.15) is 32.4 Å². The summed E-state index contributed by atoms with van der Waals surface area (Å²) in [6, 6.07) is 3.63. The maximum Gasteiger partial charge on any atom is 0.288 e. The summed E-state index contributed by atoms with van der Waals surface area (Å²) in [4.78, 5) is 10.2. The minimum absolute atomic E-state index is 0.0567. The summed E-state index contributed by atoms with van der Waals surface area (Å²) in [5.74, 6) is 0. The number of nitro groups is 1. The van der Waals surface area contributed by atoms with Crippen molar-refractivity contribution in [3.63, 3.8) is 0 Å². The van der Waals surface area contributed by atoms with Gasteiger partial charge in [-0.25, -0.2) is 0 Å². The average Bonchev–Trinajstić information content (AvgIpc) is 2.26. The van der Waals surface area contributed by atoms with E-state index < -0.39 is 22.5 Å². The number of hydrogen-bond donors (Lipinski definition) is 2. The van der Waals surface area contributed by atoms with Crippen LogP contribution in [0.5, 0.6) is 0 Å². The number of nitrogens with zero attached hydrogens (tertiary/aromatic N) is 1. The molecule has 5 nitrogen and oxygen atoms in total. The van der Waals surface area contributed by atoms with Crippen molar-refractivity contribution < 1.29 is 10.0 Å². The predicted molar refractivity (Wildman–Crippen MR) is 70.5 cm³/mol. The van der Waals surface area contributed by atoms with Crippen LogP contribution >= 0.6 is 11.6 Å². The zero-order valence-corrected chi connectivity index (χ0v) is 11.3. The molecule has 100 valence electrons. The molecule has 0 amide bonds. The van der Waals surface area contributed by atoms with E-state index in [0.717, 1.165) is 0 Å². The van der Waals surface area contributed by atoms with Gasteiger partial charge in [-0.15, -0.1) is 0 Å². The van der Waals surface area contributed by atoms with Crippen molar-refractivity contribution >= 4 is 17.3 Å². The Labute approximate surface area is 111 Å². The fraction of sp³-hybridized carbons (Fsp3) is 0.500. The van der Waals surface area contributed by atoms with Crippen molar-refractivity contribution in [2.45, 2.75) is 32.9 Å². The third-order valence-electron chi connectivity index (χ3n) is 2.78. The lowest BCUT2D eigenvalue weighted by molar-refractivity contribution is -0.384. The Morgan fingerprint density at radius 1 is 1.44 bits per heavy atom. The lowest BCUT2D eigenvalue weighted by atomic mass is 9.82. The third-order valence-corrected chi connectivity index (χ3v) is 3.10. The van der Waals surface area contributed by atoms with E-state index in [1.165, 1.54) is 12.1 Å². The molecule has 18 heavy (non-hydrogen) atoms. The van der Waals surface area contributed by atoms with Gasteiger partial charge in [-0.1, -0.05) is 38.4 Å². The van der Waals surface area contributed by atoms with Crippen molar-refractivity contribution in [1.29, 1.82) is 0 Å². The van der Waals surface area contributed by atoms with Gasteiger partial charge in [0.05, 0.1) is 17.1 Å². The van der Waals surface area contributed by atoms with Gasteiger partial charge in [-0.05, 0) is 17.0 Å². The molecule has 0 saturated heterocycles. The zero-order chi connectivity index (χ0) is 14.1. The minimum Gasteiger partial charge on any atom is -0.391 e. The van der Waals surface area contributed by atoms with E-state index in [1.807, 2.05) is 20.8 Å². The molecular weight excluding hydrogens is 256 g/mol. The van der Waals surface area contributed by atoms with Gasteiger partial charge in [-0.3, -0.25) is 10.1 Å². The Balaban J connectivity index is 3.11. The molecule has 1 rings (SSSR count). The van der Waals surface area contributed by atoms with Gasteiger partial charge >= 0.3 is 0 Å². The molecule has 0 aliphatic heterocycles. The molecule has 6 heteroatoms. The summed E-state index contributed by atoms with van der Waals surface area (Å²) in [5, 5.41) is 20.9. The number of rotatable bonds is 3. The van der Waals surface area contributed by atoms with E-state index in [9.17, 15) is 15.2 Å². The van der Waals surface area contributed by atoms with Gasteiger partial charge in [0.1, 0.15) is 5.02 Å². The number of hydrogen-bond acceptors (Lipinski definition) is 4. The molecule has 0 aliphatic rings. The summed E-state index contributed by atoms with van der Waals surface area (Å²) in [6.45, 7) is 5.55. The summed E-state index contributed by atoms with van der Waals surface area (Å²) in [6.07, 6.45) is -0.807. The lowest BCUT2D eigenvalue weighted by Gasteiger charge is -2.30. The standard InChI is InChI=1S/C12H17ClN2O3/c1-12(2,3)11(16)10(14)7-4-5-8(13)9(6-7)15(17)18/h4-6,10-11,16H,14H2,1-3H3/t10-,11-/m0/s1. The SMILES string of the molecule is CC(C)(C)[C@@H](O)[C@@H](N)c1ccc(Cl)c([N+](=O)[O-])c1. The monoisotopic (exact) mass is 272 g/mol. The molecule has 0 saturated carbocycles. The molecule has 0 spiro atoms. The summed E-state index contributed by atoms with van der Waals surface area (Å²) in [7, 11) is 0. The van der Waals surface area contributed by atoms with Gasteiger partial charge in [0.2, 0.25) is 0 Å². The maximum absolute atomic E-state index is 10.8. The normalized spacial score (nSPS) is 15.2. The van der Waals surface area contributed by atoms with Crippen molar-refractivity contribution in [3.05, 3.63) is 38.9 Å². The average molecular weight is 273 g/mol. The zero-order valence-electron chi connectivity index (χ0n) is 10.6. The first-order valence-corrected chi connectivity index (χ1v) is 5.90. The van der Waals surface area contributed by atoms with Crippen LogP contribution in [0, 0.1) is 15.5 Å². The van der Waals surface area contributed by atoms with Crippen LogP contribution in [0.3, 0.4) is 0 Å². The van der Waals surface area contributed by atoms with E-state index in [0.29, 0.717) is 5.56 Å². The van der Waals surface area contributed by atoms with Crippen LogP contribution in [0.4, 0.5) is 5.69 Å². The Morgan fingerprint density at radius 2 is 2.00 bits per heavy atom. The second-order valence-electron chi connectivity index (χ2n) is 5.30. The lowest BCUT2D eigenvalue weighted by Crippen LogP contribution is -2.36. The molecule has 0 bridgehead atoms.